The normalized spacial score (nSPS) is 12.2. The Bertz CT molecular complexity index is 3270. The van der Waals surface area contributed by atoms with Crippen LogP contribution in [0.5, 0.6) is 0 Å². The minimum atomic E-state index is -0.244. The number of nitrogens with two attached hydrogens (primary N) is 1. The highest BCUT2D eigenvalue weighted by Gasteiger charge is 2.18. The van der Waals surface area contributed by atoms with Crippen molar-refractivity contribution in [1.29, 1.82) is 0 Å². The van der Waals surface area contributed by atoms with Crippen LogP contribution in [0.25, 0.3) is 77.7 Å². The van der Waals surface area contributed by atoms with E-state index in [1.165, 1.54) is 55.3 Å². The maximum absolute atomic E-state index is 6.54. The van der Waals surface area contributed by atoms with Crippen molar-refractivity contribution in [2.24, 2.45) is 15.7 Å². The first-order chi connectivity index (χ1) is 30.7. The smallest absolute Gasteiger partial charge is 0.157 e. The summed E-state index contributed by atoms with van der Waals surface area (Å²) in [5.41, 5.74) is 16.4. The largest absolute Gasteiger partial charge is 0.456 e. The Morgan fingerprint density at radius 1 is 0.565 bits per heavy atom. The van der Waals surface area contributed by atoms with Gasteiger partial charge in [-0.2, -0.15) is 0 Å². The van der Waals surface area contributed by atoms with Crippen LogP contribution in [0.15, 0.2) is 221 Å². The molecule has 4 nitrogen and oxygen atoms in total. The highest BCUT2D eigenvalue weighted by atomic mass is 16.3. The summed E-state index contributed by atoms with van der Waals surface area (Å²) in [5, 5.41) is 8.67. The van der Waals surface area contributed by atoms with Gasteiger partial charge in [0.1, 0.15) is 17.4 Å². The predicted octanol–water partition coefficient (Wildman–Crippen LogP) is 14.6. The molecule has 0 amide bonds. The van der Waals surface area contributed by atoms with Gasteiger partial charge in [0.25, 0.3) is 0 Å². The molecule has 62 heavy (non-hydrogen) atoms. The number of aliphatic imine (C=N–C) groups is 2. The Labute approximate surface area is 361 Å². The lowest BCUT2D eigenvalue weighted by molar-refractivity contribution is 0.603. The Morgan fingerprint density at radius 3 is 1.77 bits per heavy atom. The molecule has 0 unspecified atom stereocenters. The van der Waals surface area contributed by atoms with E-state index in [2.05, 4.69) is 169 Å². The van der Waals surface area contributed by atoms with Crippen LogP contribution in [0.3, 0.4) is 0 Å². The summed E-state index contributed by atoms with van der Waals surface area (Å²) < 4.78 is 6.54. The van der Waals surface area contributed by atoms with Gasteiger partial charge >= 0.3 is 0 Å². The molecule has 0 saturated heterocycles. The quantitative estimate of drug-likeness (QED) is 0.0851. The van der Waals surface area contributed by atoms with Crippen molar-refractivity contribution in [3.05, 3.63) is 240 Å². The third-order valence-electron chi connectivity index (χ3n) is 11.8. The van der Waals surface area contributed by atoms with Crippen LogP contribution < -0.4 is 5.73 Å². The molecule has 0 saturated carbocycles. The standard InChI is InChI=1S/C58H43N3O/c1-2-45-54(29-15-22-39-17-9-10-23-46(39)44-35-36-52-50-26-12-11-24-48(50)49-25-13-14-27-51(49)53(52)37-44)62-55-30-16-28-47(56(45)55)40-31-33-43(34-32-40)58(60-38-59)61-57(41-18-5-3-6-19-41)42-20-7-4-8-21-42/h2-21,23-38,57H,1,22H2,(H2,59,60,61)/b29-15-. The van der Waals surface area contributed by atoms with E-state index in [1.807, 2.05) is 54.6 Å². The van der Waals surface area contributed by atoms with E-state index >= 15 is 0 Å². The molecule has 10 rings (SSSR count). The molecule has 0 aliphatic rings. The van der Waals surface area contributed by atoms with Crippen molar-refractivity contribution < 1.29 is 4.42 Å². The van der Waals surface area contributed by atoms with Gasteiger partial charge < -0.3 is 10.2 Å². The van der Waals surface area contributed by atoms with Crippen molar-refractivity contribution in [3.8, 4) is 22.3 Å². The third kappa shape index (κ3) is 7.18. The zero-order valence-corrected chi connectivity index (χ0v) is 34.2. The first-order valence-corrected chi connectivity index (χ1v) is 21.0. The molecule has 1 heterocycles. The highest BCUT2D eigenvalue weighted by Crippen LogP contribution is 2.39. The topological polar surface area (TPSA) is 63.9 Å². The SMILES string of the molecule is C=Cc1c(/C=C\Cc2ccccc2-c2ccc3c4ccccc4c4ccccc4c3c2)oc2cccc(-c3ccc(C(N=CN)=NC(c4ccccc4)c4ccccc4)cc3)c12. The Hall–Kier alpha value is -8.08. The van der Waals surface area contributed by atoms with Crippen molar-refractivity contribution in [2.75, 3.05) is 0 Å². The van der Waals surface area contributed by atoms with Crippen LogP contribution in [0, 0.1) is 0 Å². The summed E-state index contributed by atoms with van der Waals surface area (Å²) in [6.07, 6.45) is 8.22. The maximum Gasteiger partial charge on any atom is 0.157 e. The van der Waals surface area contributed by atoms with E-state index in [0.29, 0.717) is 5.84 Å². The lowest BCUT2D eigenvalue weighted by Gasteiger charge is -2.15. The molecule has 0 bridgehead atoms. The Morgan fingerprint density at radius 2 is 1.13 bits per heavy atom. The van der Waals surface area contributed by atoms with Gasteiger partial charge in [0, 0.05) is 16.5 Å². The molecule has 296 valence electrons. The van der Waals surface area contributed by atoms with Gasteiger partial charge in [-0.1, -0.05) is 201 Å². The number of rotatable bonds is 10. The van der Waals surface area contributed by atoms with Gasteiger partial charge in [-0.25, -0.2) is 4.99 Å². The second kappa shape index (κ2) is 16.9. The number of hydrogen-bond donors (Lipinski definition) is 1. The molecule has 0 atom stereocenters. The Kier molecular flexibility index (Phi) is 10.4. The highest BCUT2D eigenvalue weighted by molar-refractivity contribution is 6.25. The monoisotopic (exact) mass is 797 g/mol. The minimum absolute atomic E-state index is 0.244. The summed E-state index contributed by atoms with van der Waals surface area (Å²) in [6, 6.07) is 67.9. The van der Waals surface area contributed by atoms with E-state index in [9.17, 15) is 0 Å². The number of furan rings is 1. The van der Waals surface area contributed by atoms with Gasteiger partial charge in [0.05, 0.1) is 6.34 Å². The molecule has 9 aromatic carbocycles. The molecule has 4 heteroatoms. The summed E-state index contributed by atoms with van der Waals surface area (Å²) >= 11 is 0. The van der Waals surface area contributed by atoms with Gasteiger partial charge in [0.2, 0.25) is 0 Å². The fourth-order valence-electron chi connectivity index (χ4n) is 8.89. The molecule has 0 aliphatic heterocycles. The molecule has 2 N–H and O–H groups in total. The number of nitrogens with zero attached hydrogens (tertiary/aromatic N) is 2. The average Bonchev–Trinajstić information content (AvgIpc) is 3.71. The first kappa shape index (κ1) is 38.1. The van der Waals surface area contributed by atoms with Gasteiger partial charge in [-0.3, -0.25) is 4.99 Å². The van der Waals surface area contributed by atoms with E-state index < -0.39 is 0 Å². The fourth-order valence-corrected chi connectivity index (χ4v) is 8.89. The van der Waals surface area contributed by atoms with Crippen LogP contribution in [0.1, 0.15) is 39.6 Å². The van der Waals surface area contributed by atoms with Crippen molar-refractivity contribution >= 4 is 67.6 Å². The zero-order valence-electron chi connectivity index (χ0n) is 34.2. The van der Waals surface area contributed by atoms with Crippen molar-refractivity contribution in [1.82, 2.24) is 0 Å². The van der Waals surface area contributed by atoms with Crippen LogP contribution in [-0.2, 0) is 6.42 Å². The van der Waals surface area contributed by atoms with E-state index in [4.69, 9.17) is 15.1 Å². The maximum atomic E-state index is 6.54. The number of fused-ring (bicyclic) bond motifs is 7. The number of amidine groups is 1. The Balaban J connectivity index is 0.956. The van der Waals surface area contributed by atoms with Gasteiger partial charge in [-0.15, -0.1) is 0 Å². The summed E-state index contributed by atoms with van der Waals surface area (Å²) in [5.74, 6) is 1.34. The molecule has 1 aromatic heterocycles. The van der Waals surface area contributed by atoms with E-state index in [-0.39, 0.29) is 6.04 Å². The molecule has 0 spiro atoms. The van der Waals surface area contributed by atoms with Gasteiger partial charge in [-0.05, 0) is 95.9 Å². The van der Waals surface area contributed by atoms with E-state index in [1.54, 1.807) is 0 Å². The zero-order chi connectivity index (χ0) is 41.8. The molecular weight excluding hydrogens is 755 g/mol. The van der Waals surface area contributed by atoms with Crippen LogP contribution in [0.4, 0.5) is 0 Å². The van der Waals surface area contributed by atoms with Crippen molar-refractivity contribution in [2.45, 2.75) is 12.5 Å². The lowest BCUT2D eigenvalue weighted by atomic mass is 9.90. The average molecular weight is 798 g/mol. The second-order valence-corrected chi connectivity index (χ2v) is 15.4. The fraction of sp³-hybridized carbons (Fsp3) is 0.0345. The van der Waals surface area contributed by atoms with E-state index in [0.717, 1.165) is 56.5 Å². The third-order valence-corrected chi connectivity index (χ3v) is 11.8. The molecule has 0 fully saturated rings. The molecule has 0 aliphatic carbocycles. The number of benzene rings is 9. The van der Waals surface area contributed by atoms with Gasteiger partial charge in [0.15, 0.2) is 5.84 Å². The molecule has 10 aromatic rings. The summed E-state index contributed by atoms with van der Waals surface area (Å²) in [6.45, 7) is 4.23. The van der Waals surface area contributed by atoms with Crippen LogP contribution >= 0.6 is 0 Å². The summed E-state index contributed by atoms with van der Waals surface area (Å²) in [7, 11) is 0. The second-order valence-electron chi connectivity index (χ2n) is 15.4. The number of hydrogen-bond acceptors (Lipinski definition) is 2. The molecular formula is C58H43N3O. The molecule has 0 radical (unpaired) electrons. The van der Waals surface area contributed by atoms with Crippen molar-refractivity contribution in [3.63, 3.8) is 0 Å². The number of allylic oxidation sites excluding steroid dienone is 1. The summed E-state index contributed by atoms with van der Waals surface area (Å²) in [4.78, 5) is 9.71. The minimum Gasteiger partial charge on any atom is -0.456 e. The van der Waals surface area contributed by atoms with Crippen LogP contribution in [-0.4, -0.2) is 12.2 Å². The predicted molar refractivity (Wildman–Crippen MR) is 263 cm³/mol. The lowest BCUT2D eigenvalue weighted by Crippen LogP contribution is -2.06. The first-order valence-electron chi connectivity index (χ1n) is 21.0. The van der Waals surface area contributed by atoms with Crippen LogP contribution in [0.2, 0.25) is 0 Å².